The van der Waals surface area contributed by atoms with Crippen molar-refractivity contribution in [1.29, 1.82) is 0 Å². The number of nitrogens with zero attached hydrogens (tertiary/aromatic N) is 1. The normalized spacial score (nSPS) is 10.5. The maximum absolute atomic E-state index is 12.5. The standard InChI is InChI=1S/C21H21N3O3/c1-13-8-10-15(11-9-13)21-24-18(14(2)27-21)12-19(25)23-17-7-5-4-6-16(17)20(26)22-3/h4-11H,12H2,1-3H3,(H,22,26)(H,23,25). The SMILES string of the molecule is CNC(=O)c1ccccc1NC(=O)Cc1nc(-c2ccc(C)cc2)oc1C. The van der Waals surface area contributed by atoms with Crippen LogP contribution in [0.3, 0.4) is 0 Å². The largest absolute Gasteiger partial charge is 0.441 e. The van der Waals surface area contributed by atoms with Gasteiger partial charge < -0.3 is 15.1 Å². The fourth-order valence-corrected chi connectivity index (χ4v) is 2.68. The molecule has 0 aliphatic heterocycles. The van der Waals surface area contributed by atoms with Crippen LogP contribution in [0.1, 0.15) is 27.4 Å². The van der Waals surface area contributed by atoms with Gasteiger partial charge in [0, 0.05) is 12.6 Å². The zero-order valence-corrected chi connectivity index (χ0v) is 15.5. The number of aromatic nitrogens is 1. The molecule has 3 aromatic rings. The smallest absolute Gasteiger partial charge is 0.253 e. The van der Waals surface area contributed by atoms with Crippen LogP contribution in [0, 0.1) is 13.8 Å². The van der Waals surface area contributed by atoms with E-state index >= 15 is 0 Å². The van der Waals surface area contributed by atoms with Crippen LogP contribution in [0.2, 0.25) is 0 Å². The van der Waals surface area contributed by atoms with Crippen LogP contribution in [0.5, 0.6) is 0 Å². The lowest BCUT2D eigenvalue weighted by Gasteiger charge is -2.09. The highest BCUT2D eigenvalue weighted by atomic mass is 16.4. The fourth-order valence-electron chi connectivity index (χ4n) is 2.68. The first kappa shape index (κ1) is 18.4. The number of benzene rings is 2. The average Bonchev–Trinajstić information content (AvgIpc) is 3.02. The van der Waals surface area contributed by atoms with Gasteiger partial charge in [-0.05, 0) is 38.1 Å². The molecule has 6 nitrogen and oxygen atoms in total. The third-order valence-corrected chi connectivity index (χ3v) is 4.19. The van der Waals surface area contributed by atoms with Gasteiger partial charge in [-0.3, -0.25) is 9.59 Å². The quantitative estimate of drug-likeness (QED) is 0.727. The second kappa shape index (κ2) is 7.86. The summed E-state index contributed by atoms with van der Waals surface area (Å²) in [6, 6.07) is 14.7. The van der Waals surface area contributed by atoms with Gasteiger partial charge in [0.15, 0.2) is 0 Å². The zero-order chi connectivity index (χ0) is 19.4. The Morgan fingerprint density at radius 1 is 1.04 bits per heavy atom. The van der Waals surface area contributed by atoms with Crippen LogP contribution in [0.15, 0.2) is 52.9 Å². The Kier molecular flexibility index (Phi) is 5.35. The molecule has 0 saturated carbocycles. The summed E-state index contributed by atoms with van der Waals surface area (Å²) in [5, 5.41) is 5.34. The van der Waals surface area contributed by atoms with Gasteiger partial charge in [-0.2, -0.15) is 0 Å². The topological polar surface area (TPSA) is 84.2 Å². The van der Waals surface area contributed by atoms with E-state index in [-0.39, 0.29) is 18.2 Å². The van der Waals surface area contributed by atoms with E-state index in [1.165, 1.54) is 0 Å². The fraction of sp³-hybridized carbons (Fsp3) is 0.190. The summed E-state index contributed by atoms with van der Waals surface area (Å²) >= 11 is 0. The molecule has 2 N–H and O–H groups in total. The summed E-state index contributed by atoms with van der Waals surface area (Å²) in [5.74, 6) is 0.560. The maximum Gasteiger partial charge on any atom is 0.253 e. The Hall–Kier alpha value is -3.41. The van der Waals surface area contributed by atoms with Crippen LogP contribution < -0.4 is 10.6 Å². The molecule has 2 aromatic carbocycles. The van der Waals surface area contributed by atoms with E-state index in [9.17, 15) is 9.59 Å². The van der Waals surface area contributed by atoms with Gasteiger partial charge in [0.05, 0.1) is 23.4 Å². The van der Waals surface area contributed by atoms with Gasteiger partial charge in [0.1, 0.15) is 5.76 Å². The summed E-state index contributed by atoms with van der Waals surface area (Å²) in [5.41, 5.74) is 3.45. The molecule has 0 saturated heterocycles. The minimum absolute atomic E-state index is 0.0588. The first-order chi connectivity index (χ1) is 13.0. The summed E-state index contributed by atoms with van der Waals surface area (Å²) in [6.07, 6.45) is 0.0588. The van der Waals surface area contributed by atoms with Crippen LogP contribution in [-0.2, 0) is 11.2 Å². The molecule has 0 aliphatic carbocycles. The number of carbonyl (C=O) groups is 2. The van der Waals surface area contributed by atoms with Crippen molar-refractivity contribution >= 4 is 17.5 Å². The van der Waals surface area contributed by atoms with E-state index in [0.29, 0.717) is 28.6 Å². The molecule has 0 radical (unpaired) electrons. The molecule has 0 unspecified atom stereocenters. The van der Waals surface area contributed by atoms with E-state index in [1.54, 1.807) is 38.2 Å². The Bertz CT molecular complexity index is 975. The Labute approximate surface area is 157 Å². The van der Waals surface area contributed by atoms with Crippen molar-refractivity contribution in [1.82, 2.24) is 10.3 Å². The molecule has 0 aliphatic rings. The lowest BCUT2D eigenvalue weighted by Crippen LogP contribution is -2.22. The first-order valence-corrected chi connectivity index (χ1v) is 8.62. The molecule has 0 bridgehead atoms. The minimum atomic E-state index is -0.266. The molecule has 1 heterocycles. The van der Waals surface area contributed by atoms with Crippen molar-refractivity contribution in [2.24, 2.45) is 0 Å². The second-order valence-corrected chi connectivity index (χ2v) is 6.24. The van der Waals surface area contributed by atoms with E-state index in [1.807, 2.05) is 31.2 Å². The van der Waals surface area contributed by atoms with Crippen LogP contribution in [0.25, 0.3) is 11.5 Å². The Morgan fingerprint density at radius 3 is 2.44 bits per heavy atom. The first-order valence-electron chi connectivity index (χ1n) is 8.62. The number of anilines is 1. The number of oxazole rings is 1. The van der Waals surface area contributed by atoms with Crippen molar-refractivity contribution in [2.75, 3.05) is 12.4 Å². The van der Waals surface area contributed by atoms with Gasteiger partial charge in [-0.25, -0.2) is 4.98 Å². The highest BCUT2D eigenvalue weighted by molar-refractivity contribution is 6.03. The minimum Gasteiger partial charge on any atom is -0.441 e. The maximum atomic E-state index is 12.5. The number of amides is 2. The van der Waals surface area contributed by atoms with Crippen molar-refractivity contribution in [3.05, 3.63) is 71.1 Å². The Balaban J connectivity index is 1.76. The molecule has 3 rings (SSSR count). The molecular weight excluding hydrogens is 342 g/mol. The summed E-state index contributed by atoms with van der Waals surface area (Å²) in [6.45, 7) is 3.79. The van der Waals surface area contributed by atoms with Crippen molar-refractivity contribution in [3.8, 4) is 11.5 Å². The van der Waals surface area contributed by atoms with Gasteiger partial charge >= 0.3 is 0 Å². The third-order valence-electron chi connectivity index (χ3n) is 4.19. The zero-order valence-electron chi connectivity index (χ0n) is 15.5. The van der Waals surface area contributed by atoms with Crippen molar-refractivity contribution in [3.63, 3.8) is 0 Å². The third kappa shape index (κ3) is 4.23. The monoisotopic (exact) mass is 363 g/mol. The van der Waals surface area contributed by atoms with Crippen molar-refractivity contribution in [2.45, 2.75) is 20.3 Å². The van der Waals surface area contributed by atoms with Gasteiger partial charge in [0.25, 0.3) is 5.91 Å². The number of hydrogen-bond acceptors (Lipinski definition) is 4. The van der Waals surface area contributed by atoms with E-state index < -0.39 is 0 Å². The molecule has 138 valence electrons. The Morgan fingerprint density at radius 2 is 1.74 bits per heavy atom. The summed E-state index contributed by atoms with van der Waals surface area (Å²) < 4.78 is 5.72. The molecule has 6 heteroatoms. The predicted molar refractivity (Wildman–Crippen MR) is 104 cm³/mol. The van der Waals surface area contributed by atoms with Crippen LogP contribution >= 0.6 is 0 Å². The lowest BCUT2D eigenvalue weighted by atomic mass is 10.1. The number of carbonyl (C=O) groups excluding carboxylic acids is 2. The van der Waals surface area contributed by atoms with E-state index in [4.69, 9.17) is 4.42 Å². The number of para-hydroxylation sites is 1. The van der Waals surface area contributed by atoms with Gasteiger partial charge in [-0.1, -0.05) is 29.8 Å². The lowest BCUT2D eigenvalue weighted by molar-refractivity contribution is -0.115. The van der Waals surface area contributed by atoms with E-state index in [0.717, 1.165) is 11.1 Å². The van der Waals surface area contributed by atoms with Crippen LogP contribution in [0.4, 0.5) is 5.69 Å². The molecule has 1 aromatic heterocycles. The van der Waals surface area contributed by atoms with Crippen molar-refractivity contribution < 1.29 is 14.0 Å². The molecule has 0 spiro atoms. The van der Waals surface area contributed by atoms with Crippen LogP contribution in [-0.4, -0.2) is 23.8 Å². The number of rotatable bonds is 5. The van der Waals surface area contributed by atoms with E-state index in [2.05, 4.69) is 15.6 Å². The second-order valence-electron chi connectivity index (χ2n) is 6.24. The average molecular weight is 363 g/mol. The summed E-state index contributed by atoms with van der Waals surface area (Å²) in [4.78, 5) is 28.8. The van der Waals surface area contributed by atoms with Gasteiger partial charge in [0.2, 0.25) is 11.8 Å². The summed E-state index contributed by atoms with van der Waals surface area (Å²) in [7, 11) is 1.55. The molecule has 0 atom stereocenters. The number of aryl methyl sites for hydroxylation is 2. The highest BCUT2D eigenvalue weighted by Crippen LogP contribution is 2.23. The molecule has 2 amide bonds. The molecule has 27 heavy (non-hydrogen) atoms. The molecular formula is C21H21N3O3. The van der Waals surface area contributed by atoms with Gasteiger partial charge in [-0.15, -0.1) is 0 Å². The molecule has 0 fully saturated rings. The number of nitrogens with one attached hydrogen (secondary N) is 2. The predicted octanol–water partition coefficient (Wildman–Crippen LogP) is 3.50. The number of hydrogen-bond donors (Lipinski definition) is 2. The highest BCUT2D eigenvalue weighted by Gasteiger charge is 2.17.